The van der Waals surface area contributed by atoms with Crippen LogP contribution in [0, 0.1) is 13.8 Å². The van der Waals surface area contributed by atoms with Crippen molar-refractivity contribution in [2.24, 2.45) is 5.73 Å². The standard InChI is InChI=1S/C43H52N12O8/c1-7-54-32(20-26(3)49-54)39(57)47-42-46-31-23-29(41(59)61-6)25-34(60-5)36(31)52(42)13-9-10-14-53-37-30(45-43(53)48-40(58)33-21-27(4)50-55(33)8-2)22-28(38(44)56)24-35(37)63-17-11-12-51-15-18-62-19-16-51/h9-10,20-25H,7-8,11-19H2,1-6H3,(H2,44,56)(H,45,48,58)(H,46,47,57)/b10-9+. The van der Waals surface area contributed by atoms with Crippen LogP contribution < -0.4 is 25.8 Å². The summed E-state index contributed by atoms with van der Waals surface area (Å²) in [5.41, 5.74) is 10.1. The molecule has 4 N–H and O–H groups in total. The van der Waals surface area contributed by atoms with Crippen LogP contribution in [0.4, 0.5) is 11.9 Å². The topological polar surface area (TPSA) is 230 Å². The fraction of sp³-hybridized carbons (Fsp3) is 0.395. The number of hydrogen-bond acceptors (Lipinski definition) is 13. The number of aromatic nitrogens is 8. The van der Waals surface area contributed by atoms with Crippen LogP contribution >= 0.6 is 0 Å². The molecule has 20 heteroatoms. The number of rotatable bonds is 18. The van der Waals surface area contributed by atoms with E-state index in [-0.39, 0.29) is 36.1 Å². The molecule has 2 aromatic carbocycles. The molecule has 1 fully saturated rings. The van der Waals surface area contributed by atoms with Gasteiger partial charge in [-0.2, -0.15) is 10.2 Å². The van der Waals surface area contributed by atoms with E-state index in [1.165, 1.54) is 14.2 Å². The number of primary amides is 1. The number of benzene rings is 2. The maximum atomic E-state index is 13.8. The molecule has 1 saturated heterocycles. The van der Waals surface area contributed by atoms with Crippen LogP contribution in [0.15, 0.2) is 48.6 Å². The Morgan fingerprint density at radius 2 is 1.29 bits per heavy atom. The van der Waals surface area contributed by atoms with E-state index in [1.54, 1.807) is 54.9 Å². The molecule has 0 aliphatic carbocycles. The average Bonchev–Trinajstić information content (AvgIpc) is 4.05. The smallest absolute Gasteiger partial charge is 0.338 e. The molecule has 7 rings (SSSR count). The van der Waals surface area contributed by atoms with Crippen LogP contribution in [0.3, 0.4) is 0 Å². The van der Waals surface area contributed by atoms with Crippen LogP contribution in [-0.2, 0) is 35.7 Å². The molecule has 332 valence electrons. The number of nitrogens with one attached hydrogen (secondary N) is 2. The summed E-state index contributed by atoms with van der Waals surface area (Å²) in [6.07, 6.45) is 4.44. The number of carbonyl (C=O) groups is 4. The molecule has 0 atom stereocenters. The molecule has 0 bridgehead atoms. The lowest BCUT2D eigenvalue weighted by Gasteiger charge is -2.26. The second kappa shape index (κ2) is 19.3. The first-order chi connectivity index (χ1) is 30.4. The van der Waals surface area contributed by atoms with Gasteiger partial charge in [0, 0.05) is 51.4 Å². The van der Waals surface area contributed by atoms with E-state index in [2.05, 4.69) is 25.7 Å². The fourth-order valence-corrected chi connectivity index (χ4v) is 7.57. The fourth-order valence-electron chi connectivity index (χ4n) is 7.57. The molecule has 20 nitrogen and oxygen atoms in total. The molecule has 0 saturated carbocycles. The molecule has 4 aromatic heterocycles. The Bertz CT molecular complexity index is 2700. The molecule has 5 heterocycles. The number of aryl methyl sites for hydroxylation is 4. The molecule has 63 heavy (non-hydrogen) atoms. The number of imidazole rings is 2. The van der Waals surface area contributed by atoms with Gasteiger partial charge in [-0.15, -0.1) is 0 Å². The first kappa shape index (κ1) is 44.0. The molecule has 1 aliphatic rings. The third kappa shape index (κ3) is 9.56. The van der Waals surface area contributed by atoms with Crippen molar-refractivity contribution >= 4 is 57.7 Å². The predicted molar refractivity (Wildman–Crippen MR) is 234 cm³/mol. The van der Waals surface area contributed by atoms with Gasteiger partial charge in [-0.1, -0.05) is 12.2 Å². The molecule has 0 radical (unpaired) electrons. The normalized spacial score (nSPS) is 13.2. The lowest BCUT2D eigenvalue weighted by atomic mass is 10.1. The molecule has 0 spiro atoms. The lowest BCUT2D eigenvalue weighted by molar-refractivity contribution is 0.0358. The maximum Gasteiger partial charge on any atom is 0.338 e. The van der Waals surface area contributed by atoms with E-state index in [9.17, 15) is 19.2 Å². The van der Waals surface area contributed by atoms with E-state index in [4.69, 9.17) is 34.6 Å². The van der Waals surface area contributed by atoms with E-state index >= 15 is 0 Å². The number of morpholine rings is 1. The second-order valence-corrected chi connectivity index (χ2v) is 14.8. The third-order valence-electron chi connectivity index (χ3n) is 10.6. The molecular weight excluding hydrogens is 813 g/mol. The summed E-state index contributed by atoms with van der Waals surface area (Å²) in [7, 11) is 2.76. The highest BCUT2D eigenvalue weighted by atomic mass is 16.5. The zero-order valence-corrected chi connectivity index (χ0v) is 36.3. The van der Waals surface area contributed by atoms with Gasteiger partial charge in [-0.05, 0) is 70.5 Å². The van der Waals surface area contributed by atoms with E-state index in [1.807, 2.05) is 39.8 Å². The van der Waals surface area contributed by atoms with Crippen molar-refractivity contribution in [3.8, 4) is 11.5 Å². The summed E-state index contributed by atoms with van der Waals surface area (Å²) in [6.45, 7) is 12.9. The number of methoxy groups -OCH3 is 2. The predicted octanol–water partition coefficient (Wildman–Crippen LogP) is 4.19. The number of nitrogens with zero attached hydrogens (tertiary/aromatic N) is 9. The summed E-state index contributed by atoms with van der Waals surface area (Å²) in [5.74, 6) is -0.998. The third-order valence-corrected chi connectivity index (χ3v) is 10.6. The van der Waals surface area contributed by atoms with Gasteiger partial charge in [0.1, 0.15) is 33.9 Å². The summed E-state index contributed by atoms with van der Waals surface area (Å²) in [4.78, 5) is 64.5. The minimum absolute atomic E-state index is 0.172. The highest BCUT2D eigenvalue weighted by Crippen LogP contribution is 2.33. The van der Waals surface area contributed by atoms with Gasteiger partial charge >= 0.3 is 5.97 Å². The van der Waals surface area contributed by atoms with Crippen molar-refractivity contribution in [3.05, 3.63) is 82.5 Å². The number of hydrogen-bond donors (Lipinski definition) is 3. The Morgan fingerprint density at radius 1 is 0.762 bits per heavy atom. The molecule has 3 amide bonds. The van der Waals surface area contributed by atoms with Crippen LogP contribution in [0.5, 0.6) is 11.5 Å². The number of anilines is 2. The monoisotopic (exact) mass is 864 g/mol. The quantitative estimate of drug-likeness (QED) is 0.0626. The van der Waals surface area contributed by atoms with Crippen molar-refractivity contribution in [2.45, 2.75) is 60.3 Å². The lowest BCUT2D eigenvalue weighted by Crippen LogP contribution is -2.37. The van der Waals surface area contributed by atoms with Crippen molar-refractivity contribution < 1.29 is 38.1 Å². The summed E-state index contributed by atoms with van der Waals surface area (Å²) in [6, 6.07) is 9.68. The molecule has 6 aromatic rings. The van der Waals surface area contributed by atoms with Gasteiger partial charge in [-0.25, -0.2) is 14.8 Å². The number of allylic oxidation sites excluding steroid dienone is 2. The summed E-state index contributed by atoms with van der Waals surface area (Å²) >= 11 is 0. The Hall–Kier alpha value is -7.06. The van der Waals surface area contributed by atoms with Crippen molar-refractivity contribution in [2.75, 3.05) is 64.3 Å². The number of amides is 3. The maximum absolute atomic E-state index is 13.8. The highest BCUT2D eigenvalue weighted by molar-refractivity contribution is 6.05. The number of carbonyl (C=O) groups excluding carboxylic acids is 4. The highest BCUT2D eigenvalue weighted by Gasteiger charge is 2.24. The molecular formula is C43H52N12O8. The van der Waals surface area contributed by atoms with Crippen molar-refractivity contribution in [1.29, 1.82) is 0 Å². The second-order valence-electron chi connectivity index (χ2n) is 14.8. The van der Waals surface area contributed by atoms with Gasteiger partial charge in [0.25, 0.3) is 11.8 Å². The summed E-state index contributed by atoms with van der Waals surface area (Å²) < 4.78 is 29.3. The molecule has 1 aliphatic heterocycles. The number of nitrogens with two attached hydrogens (primary N) is 1. The van der Waals surface area contributed by atoms with E-state index in [0.29, 0.717) is 95.7 Å². The minimum Gasteiger partial charge on any atom is -0.494 e. The first-order valence-corrected chi connectivity index (χ1v) is 20.7. The van der Waals surface area contributed by atoms with Crippen molar-refractivity contribution in [1.82, 2.24) is 43.6 Å². The zero-order chi connectivity index (χ0) is 44.8. The minimum atomic E-state index is -0.656. The van der Waals surface area contributed by atoms with Crippen molar-refractivity contribution in [3.63, 3.8) is 0 Å². The van der Waals surface area contributed by atoms with E-state index < -0.39 is 23.7 Å². The van der Waals surface area contributed by atoms with Crippen LogP contribution in [0.2, 0.25) is 0 Å². The zero-order valence-electron chi connectivity index (χ0n) is 36.3. The van der Waals surface area contributed by atoms with Crippen LogP contribution in [0.1, 0.15) is 73.3 Å². The SMILES string of the molecule is CCn1nc(C)cc1C(=O)Nc1nc2cc(C(=O)OC)cc(OC)c2n1C/C=C/Cn1c(NC(=O)c2cc(C)nn2CC)nc2cc(C(N)=O)cc(OCCCN3CCOCC3)c21. The molecule has 0 unspecified atom stereocenters. The van der Waals surface area contributed by atoms with Gasteiger partial charge in [0.15, 0.2) is 0 Å². The Kier molecular flexibility index (Phi) is 13.5. The number of esters is 1. The first-order valence-electron chi connectivity index (χ1n) is 20.7. The largest absolute Gasteiger partial charge is 0.494 e. The van der Waals surface area contributed by atoms with Gasteiger partial charge in [0.2, 0.25) is 17.8 Å². The number of fused-ring (bicyclic) bond motifs is 2. The van der Waals surface area contributed by atoms with E-state index in [0.717, 1.165) is 19.6 Å². The average molecular weight is 865 g/mol. The van der Waals surface area contributed by atoms with Gasteiger partial charge in [0.05, 0.1) is 62.0 Å². The number of ether oxygens (including phenoxy) is 4. The van der Waals surface area contributed by atoms with Crippen LogP contribution in [0.25, 0.3) is 22.1 Å². The van der Waals surface area contributed by atoms with Crippen LogP contribution in [-0.4, -0.2) is 121 Å². The Labute approximate surface area is 362 Å². The Balaban J connectivity index is 1.26. The van der Waals surface area contributed by atoms with Gasteiger partial charge < -0.3 is 33.8 Å². The summed E-state index contributed by atoms with van der Waals surface area (Å²) in [5, 5.41) is 14.7. The Morgan fingerprint density at radius 3 is 1.79 bits per heavy atom. The van der Waals surface area contributed by atoms with Gasteiger partial charge in [-0.3, -0.25) is 39.3 Å².